The summed E-state index contributed by atoms with van der Waals surface area (Å²) >= 11 is 4.78. The lowest BCUT2D eigenvalue weighted by molar-refractivity contribution is 0.378. The van der Waals surface area contributed by atoms with Crippen molar-refractivity contribution in [2.75, 3.05) is 7.11 Å². The minimum atomic E-state index is -0.494. The van der Waals surface area contributed by atoms with Crippen LogP contribution in [0.25, 0.3) is 0 Å². The number of benzene rings is 1. The third-order valence-corrected chi connectivity index (χ3v) is 2.94. The molecule has 0 saturated carbocycles. The maximum atomic E-state index is 13.9. The SMILES string of the molecule is COc1ccc(=O)n(Cc2ccc(C(N)=S)cc2F)n1. The molecule has 0 saturated heterocycles. The van der Waals surface area contributed by atoms with Gasteiger partial charge in [0.25, 0.3) is 5.56 Å². The molecule has 2 aromatic rings. The Labute approximate surface area is 119 Å². The van der Waals surface area contributed by atoms with Gasteiger partial charge in [0.1, 0.15) is 10.8 Å². The number of ether oxygens (including phenoxy) is 1. The molecule has 1 aromatic carbocycles. The average molecular weight is 293 g/mol. The molecule has 0 spiro atoms. The van der Waals surface area contributed by atoms with Gasteiger partial charge in [-0.25, -0.2) is 9.07 Å². The maximum absolute atomic E-state index is 13.9. The van der Waals surface area contributed by atoms with E-state index in [4.69, 9.17) is 22.7 Å². The largest absolute Gasteiger partial charge is 0.480 e. The molecular formula is C13H12FN3O2S. The highest BCUT2D eigenvalue weighted by Crippen LogP contribution is 2.12. The van der Waals surface area contributed by atoms with Gasteiger partial charge in [0, 0.05) is 23.3 Å². The van der Waals surface area contributed by atoms with Gasteiger partial charge < -0.3 is 10.5 Å². The van der Waals surface area contributed by atoms with Gasteiger partial charge in [-0.15, -0.1) is 5.10 Å². The van der Waals surface area contributed by atoms with Gasteiger partial charge in [0.15, 0.2) is 0 Å². The van der Waals surface area contributed by atoms with Crippen molar-refractivity contribution in [1.29, 1.82) is 0 Å². The number of rotatable bonds is 4. The lowest BCUT2D eigenvalue weighted by atomic mass is 10.1. The molecule has 0 fully saturated rings. The number of nitrogens with two attached hydrogens (primary N) is 1. The Morgan fingerprint density at radius 3 is 2.80 bits per heavy atom. The zero-order valence-corrected chi connectivity index (χ0v) is 11.5. The highest BCUT2D eigenvalue weighted by molar-refractivity contribution is 7.80. The van der Waals surface area contributed by atoms with E-state index < -0.39 is 5.82 Å². The van der Waals surface area contributed by atoms with Crippen molar-refractivity contribution in [3.05, 3.63) is 57.6 Å². The van der Waals surface area contributed by atoms with Crippen LogP contribution in [0.4, 0.5) is 4.39 Å². The van der Waals surface area contributed by atoms with Crippen molar-refractivity contribution in [2.24, 2.45) is 5.73 Å². The maximum Gasteiger partial charge on any atom is 0.267 e. The second kappa shape index (κ2) is 5.79. The Morgan fingerprint density at radius 1 is 1.45 bits per heavy atom. The lowest BCUT2D eigenvalue weighted by Gasteiger charge is -2.08. The summed E-state index contributed by atoms with van der Waals surface area (Å²) < 4.78 is 20.0. The third-order valence-electron chi connectivity index (χ3n) is 2.71. The summed E-state index contributed by atoms with van der Waals surface area (Å²) in [4.78, 5) is 11.8. The standard InChI is InChI=1S/C13H12FN3O2S/c1-19-11-4-5-12(18)17(16-11)7-9-3-2-8(13(15)20)6-10(9)14/h2-6H,7H2,1H3,(H2,15,20). The Kier molecular flexibility index (Phi) is 4.09. The zero-order valence-electron chi connectivity index (χ0n) is 10.7. The number of halogens is 1. The number of thiocarbonyl (C=S) groups is 1. The Bertz CT molecular complexity index is 715. The normalized spacial score (nSPS) is 10.3. The quantitative estimate of drug-likeness (QED) is 0.854. The van der Waals surface area contributed by atoms with Crippen molar-refractivity contribution >= 4 is 17.2 Å². The predicted molar refractivity (Wildman–Crippen MR) is 76.4 cm³/mol. The van der Waals surface area contributed by atoms with E-state index in [0.717, 1.165) is 4.68 Å². The molecule has 0 amide bonds. The van der Waals surface area contributed by atoms with Gasteiger partial charge >= 0.3 is 0 Å². The summed E-state index contributed by atoms with van der Waals surface area (Å²) in [5.74, 6) is -0.211. The summed E-state index contributed by atoms with van der Waals surface area (Å²) in [6.45, 7) is -0.000516. The number of hydrogen-bond acceptors (Lipinski definition) is 4. The van der Waals surface area contributed by atoms with E-state index in [1.165, 1.54) is 31.4 Å². The highest BCUT2D eigenvalue weighted by atomic mass is 32.1. The fourth-order valence-electron chi connectivity index (χ4n) is 1.64. The van der Waals surface area contributed by atoms with Crippen LogP contribution in [0.5, 0.6) is 5.88 Å². The molecule has 5 nitrogen and oxygen atoms in total. The predicted octanol–water partition coefficient (Wildman–Crippen LogP) is 1.07. The summed E-state index contributed by atoms with van der Waals surface area (Å²) in [5.41, 5.74) is 5.83. The molecule has 1 heterocycles. The second-order valence-electron chi connectivity index (χ2n) is 4.04. The molecule has 2 rings (SSSR count). The molecule has 1 aromatic heterocycles. The van der Waals surface area contributed by atoms with E-state index in [-0.39, 0.29) is 23.0 Å². The number of aromatic nitrogens is 2. The second-order valence-corrected chi connectivity index (χ2v) is 4.48. The van der Waals surface area contributed by atoms with Gasteiger partial charge in [0.2, 0.25) is 5.88 Å². The minimum absolute atomic E-state index is 0.000516. The van der Waals surface area contributed by atoms with E-state index in [2.05, 4.69) is 5.10 Å². The van der Waals surface area contributed by atoms with Gasteiger partial charge in [-0.1, -0.05) is 24.4 Å². The van der Waals surface area contributed by atoms with Crippen molar-refractivity contribution < 1.29 is 9.13 Å². The minimum Gasteiger partial charge on any atom is -0.480 e. The highest BCUT2D eigenvalue weighted by Gasteiger charge is 2.08. The molecule has 0 radical (unpaired) electrons. The van der Waals surface area contributed by atoms with Gasteiger partial charge in [0.05, 0.1) is 13.7 Å². The number of hydrogen-bond donors (Lipinski definition) is 1. The van der Waals surface area contributed by atoms with E-state index in [1.54, 1.807) is 6.07 Å². The lowest BCUT2D eigenvalue weighted by Crippen LogP contribution is -2.23. The van der Waals surface area contributed by atoms with Gasteiger partial charge in [-0.2, -0.15) is 0 Å². The van der Waals surface area contributed by atoms with Crippen LogP contribution in [0.2, 0.25) is 0 Å². The van der Waals surface area contributed by atoms with Crippen molar-refractivity contribution in [3.63, 3.8) is 0 Å². The van der Waals surface area contributed by atoms with Crippen molar-refractivity contribution in [2.45, 2.75) is 6.54 Å². The summed E-state index contributed by atoms with van der Waals surface area (Å²) in [6.07, 6.45) is 0. The molecule has 0 aliphatic rings. The molecule has 20 heavy (non-hydrogen) atoms. The Morgan fingerprint density at radius 2 is 2.20 bits per heavy atom. The summed E-state index contributed by atoms with van der Waals surface area (Å²) in [7, 11) is 1.44. The molecule has 0 aliphatic heterocycles. The van der Waals surface area contributed by atoms with E-state index in [9.17, 15) is 9.18 Å². The molecule has 2 N–H and O–H groups in total. The first-order chi connectivity index (χ1) is 9.51. The molecule has 0 bridgehead atoms. The van der Waals surface area contributed by atoms with Crippen molar-refractivity contribution in [3.8, 4) is 5.88 Å². The van der Waals surface area contributed by atoms with Crippen LogP contribution in [-0.4, -0.2) is 21.9 Å². The van der Waals surface area contributed by atoms with Gasteiger partial charge in [-0.05, 0) is 6.07 Å². The topological polar surface area (TPSA) is 70.1 Å². The third kappa shape index (κ3) is 3.00. The van der Waals surface area contributed by atoms with E-state index in [0.29, 0.717) is 11.1 Å². The van der Waals surface area contributed by atoms with Crippen LogP contribution >= 0.6 is 12.2 Å². The zero-order chi connectivity index (χ0) is 14.7. The molecule has 0 atom stereocenters. The average Bonchev–Trinajstić information content (AvgIpc) is 2.43. The summed E-state index contributed by atoms with van der Waals surface area (Å²) in [5, 5.41) is 3.95. The van der Waals surface area contributed by atoms with E-state index >= 15 is 0 Å². The molecule has 104 valence electrons. The van der Waals surface area contributed by atoms with Crippen LogP contribution in [-0.2, 0) is 6.54 Å². The first-order valence-electron chi connectivity index (χ1n) is 5.71. The van der Waals surface area contributed by atoms with Crippen LogP contribution in [0.1, 0.15) is 11.1 Å². The Hall–Kier alpha value is -2.28. The van der Waals surface area contributed by atoms with Gasteiger partial charge in [-0.3, -0.25) is 4.79 Å². The summed E-state index contributed by atoms with van der Waals surface area (Å²) in [6, 6.07) is 7.13. The molecule has 0 unspecified atom stereocenters. The Balaban J connectivity index is 2.35. The van der Waals surface area contributed by atoms with Crippen LogP contribution in [0.15, 0.2) is 35.1 Å². The van der Waals surface area contributed by atoms with Crippen LogP contribution in [0.3, 0.4) is 0 Å². The van der Waals surface area contributed by atoms with E-state index in [1.807, 2.05) is 0 Å². The molecular weight excluding hydrogens is 281 g/mol. The van der Waals surface area contributed by atoms with Crippen LogP contribution in [0, 0.1) is 5.82 Å². The number of nitrogens with zero attached hydrogens (tertiary/aromatic N) is 2. The fraction of sp³-hybridized carbons (Fsp3) is 0.154. The molecule has 0 aliphatic carbocycles. The number of methoxy groups -OCH3 is 1. The smallest absolute Gasteiger partial charge is 0.267 e. The van der Waals surface area contributed by atoms with Crippen LogP contribution < -0.4 is 16.0 Å². The first-order valence-corrected chi connectivity index (χ1v) is 6.12. The first kappa shape index (κ1) is 14.1. The molecule has 7 heteroatoms. The van der Waals surface area contributed by atoms with Crippen molar-refractivity contribution in [1.82, 2.24) is 9.78 Å². The monoisotopic (exact) mass is 293 g/mol. The fourth-order valence-corrected chi connectivity index (χ4v) is 1.77.